The molecule has 0 saturated heterocycles. The maximum atomic E-state index is 14.8. The van der Waals surface area contributed by atoms with Crippen LogP contribution in [0.15, 0.2) is 84.7 Å². The summed E-state index contributed by atoms with van der Waals surface area (Å²) in [5.41, 5.74) is 9.50. The number of methoxy groups -OCH3 is 1. The summed E-state index contributed by atoms with van der Waals surface area (Å²) in [5, 5.41) is 8.00. The molecule has 3 aromatic rings. The first-order chi connectivity index (χ1) is 44.1. The summed E-state index contributed by atoms with van der Waals surface area (Å²) >= 11 is 0. The Morgan fingerprint density at radius 2 is 1.18 bits per heavy atom. The first-order valence-electron chi connectivity index (χ1n) is 31.8. The van der Waals surface area contributed by atoms with Gasteiger partial charge in [0.1, 0.15) is 50.3 Å². The second-order valence-corrected chi connectivity index (χ2v) is 38.0. The van der Waals surface area contributed by atoms with Crippen LogP contribution in [0.4, 0.5) is 26.7 Å². The van der Waals surface area contributed by atoms with Crippen LogP contribution in [0, 0.1) is 5.92 Å². The summed E-state index contributed by atoms with van der Waals surface area (Å²) in [6.07, 6.45) is 5.12. The van der Waals surface area contributed by atoms with Gasteiger partial charge >= 0.3 is 12.2 Å². The van der Waals surface area contributed by atoms with Gasteiger partial charge < -0.3 is 69.4 Å². The highest BCUT2D eigenvalue weighted by molar-refractivity contribution is 6.76. The molecule has 93 heavy (non-hydrogen) atoms. The number of alkyl carbamates (subject to hydrolysis) is 1. The average Bonchev–Trinajstić information content (AvgIpc) is 1.64. The molecular weight excluding hydrogens is 1230 g/mol. The van der Waals surface area contributed by atoms with Gasteiger partial charge in [-0.1, -0.05) is 89.1 Å². The van der Waals surface area contributed by atoms with Gasteiger partial charge in [-0.2, -0.15) is 0 Å². The summed E-state index contributed by atoms with van der Waals surface area (Å²) in [6.45, 7) is 26.7. The highest BCUT2D eigenvalue weighted by atomic mass is 28.3. The Bertz CT molecular complexity index is 3290. The number of hydrogen-bond donors (Lipinski definition) is 4. The minimum atomic E-state index is -1.53. The van der Waals surface area contributed by atoms with Crippen LogP contribution >= 0.6 is 0 Å². The molecule has 0 aliphatic carbocycles. The molecule has 1 unspecified atom stereocenters. The van der Waals surface area contributed by atoms with E-state index in [0.29, 0.717) is 73.8 Å². The number of primary amides is 1. The molecule has 0 fully saturated rings. The van der Waals surface area contributed by atoms with Gasteiger partial charge in [0.15, 0.2) is 23.0 Å². The molecule has 0 saturated carbocycles. The number of unbranched alkanes of at least 4 members (excludes halogenated alkanes) is 2. The summed E-state index contributed by atoms with van der Waals surface area (Å²) in [6, 6.07) is 11.7. The van der Waals surface area contributed by atoms with Crippen LogP contribution in [0.25, 0.3) is 0 Å². The maximum absolute atomic E-state index is 14.8. The summed E-state index contributed by atoms with van der Waals surface area (Å²) in [4.78, 5) is 115. The van der Waals surface area contributed by atoms with E-state index >= 15 is 0 Å². The number of carbonyl (C=O) groups is 8. The van der Waals surface area contributed by atoms with E-state index in [2.05, 4.69) is 61.8 Å². The van der Waals surface area contributed by atoms with E-state index in [4.69, 9.17) is 43.6 Å². The van der Waals surface area contributed by atoms with Crippen molar-refractivity contribution in [3.05, 3.63) is 101 Å². The summed E-state index contributed by atoms with van der Waals surface area (Å²) in [5.74, 6) is -1.62. The first kappa shape index (κ1) is 72.2. The van der Waals surface area contributed by atoms with E-state index in [1.165, 1.54) is 39.7 Å². The predicted octanol–water partition coefficient (Wildman–Crippen LogP) is 9.73. The average molecular weight is 1320 g/mol. The monoisotopic (exact) mass is 1320 g/mol. The standard InChI is InChI=1S/C67H94N8O16Si2/c1-14-23-90-67(83)71-59(42(2)3)61(77)69-45(6)60(76)70-47-20-18-46(19-21-47)33-48(22-26-89-66(68)82)91-58-35-50-52(75(41-86-28-30-93(11,12)13)65(81)54-32-44(5)39-73(54)63(50)79)37-57(58)88-25-17-15-16-24-87-56-36-51-49(34-55(56)84-7)62(78)72-38-43(4)31-53(72)64(80)74(51)40-85-27-29-92(8,9)10/h14,18-21,34-39,42,45,48,53-54,59H,1,15-17,22-33,40-41H2,2-13H3,(H2,68,82)(H,69,77)(H,70,76)(H,71,83)/t45-,48?,53-,54-,59-/m0/s1. The van der Waals surface area contributed by atoms with Crippen molar-refractivity contribution in [2.24, 2.45) is 11.7 Å². The van der Waals surface area contributed by atoms with Crippen molar-refractivity contribution >= 4 is 80.8 Å². The lowest BCUT2D eigenvalue weighted by Crippen LogP contribution is -2.53. The number of nitrogens with one attached hydrogen (secondary N) is 3. The molecule has 7 rings (SSSR count). The molecular formula is C67H94N8O16Si2. The Kier molecular flexibility index (Phi) is 25.3. The molecule has 24 nitrogen and oxygen atoms in total. The molecule has 0 aromatic heterocycles. The lowest BCUT2D eigenvalue weighted by molar-refractivity contribution is -0.128. The van der Waals surface area contributed by atoms with Crippen molar-refractivity contribution in [3.8, 4) is 23.0 Å². The molecule has 3 aromatic carbocycles. The van der Waals surface area contributed by atoms with Crippen LogP contribution in [-0.4, -0.2) is 164 Å². The fourth-order valence-electron chi connectivity index (χ4n) is 10.8. The zero-order valence-electron chi connectivity index (χ0n) is 55.9. The quantitative estimate of drug-likeness (QED) is 0.0246. The van der Waals surface area contributed by atoms with Gasteiger partial charge in [-0.25, -0.2) is 9.59 Å². The predicted molar refractivity (Wildman–Crippen MR) is 358 cm³/mol. The van der Waals surface area contributed by atoms with E-state index in [1.807, 2.05) is 13.8 Å². The van der Waals surface area contributed by atoms with E-state index in [1.54, 1.807) is 74.8 Å². The van der Waals surface area contributed by atoms with Crippen LogP contribution in [0.1, 0.15) is 99.4 Å². The third kappa shape index (κ3) is 19.9. The van der Waals surface area contributed by atoms with Gasteiger partial charge in [0, 0.05) is 72.4 Å². The van der Waals surface area contributed by atoms with Crippen molar-refractivity contribution in [1.29, 1.82) is 0 Å². The van der Waals surface area contributed by atoms with Crippen LogP contribution in [0.2, 0.25) is 51.4 Å². The van der Waals surface area contributed by atoms with Crippen molar-refractivity contribution in [2.45, 2.75) is 161 Å². The molecule has 5 N–H and O–H groups in total. The van der Waals surface area contributed by atoms with Gasteiger partial charge in [-0.15, -0.1) is 0 Å². The van der Waals surface area contributed by atoms with E-state index in [0.717, 1.165) is 28.8 Å². The summed E-state index contributed by atoms with van der Waals surface area (Å²) in [7, 11) is -1.48. The molecule has 26 heteroatoms. The lowest BCUT2D eigenvalue weighted by Gasteiger charge is -2.27. The van der Waals surface area contributed by atoms with Crippen molar-refractivity contribution < 1.29 is 76.3 Å². The van der Waals surface area contributed by atoms with Gasteiger partial charge in [0.05, 0.1) is 49.4 Å². The van der Waals surface area contributed by atoms with Crippen molar-refractivity contribution in [2.75, 3.05) is 75.3 Å². The third-order valence-corrected chi connectivity index (χ3v) is 19.5. The second kappa shape index (κ2) is 32.6. The third-order valence-electron chi connectivity index (χ3n) is 16.1. The number of benzene rings is 3. The Balaban J connectivity index is 1.10. The maximum Gasteiger partial charge on any atom is 0.408 e. The molecule has 0 radical (unpaired) electrons. The molecule has 4 aliphatic heterocycles. The minimum Gasteiger partial charge on any atom is -0.493 e. The highest BCUT2D eigenvalue weighted by Gasteiger charge is 2.44. The highest BCUT2D eigenvalue weighted by Crippen LogP contribution is 2.43. The van der Waals surface area contributed by atoms with Crippen LogP contribution < -0.4 is 50.4 Å². The number of nitrogens with zero attached hydrogens (tertiary/aromatic N) is 4. The number of amides is 8. The van der Waals surface area contributed by atoms with Gasteiger partial charge in [0.2, 0.25) is 11.8 Å². The van der Waals surface area contributed by atoms with Crippen LogP contribution in [-0.2, 0) is 44.5 Å². The molecule has 506 valence electrons. The molecule has 5 atom stereocenters. The van der Waals surface area contributed by atoms with Gasteiger partial charge in [-0.05, 0) is 101 Å². The smallest absolute Gasteiger partial charge is 0.408 e. The van der Waals surface area contributed by atoms with Gasteiger partial charge in [-0.3, -0.25) is 38.6 Å². The van der Waals surface area contributed by atoms with Gasteiger partial charge in [0.25, 0.3) is 23.6 Å². The molecule has 0 spiro atoms. The Hall–Kier alpha value is -8.21. The number of fused-ring (bicyclic) bond motifs is 4. The normalized spacial score (nSPS) is 17.2. The number of rotatable bonds is 34. The number of nitrogens with two attached hydrogens (primary N) is 1. The first-order valence-corrected chi connectivity index (χ1v) is 39.2. The zero-order chi connectivity index (χ0) is 67.9. The summed E-state index contributed by atoms with van der Waals surface area (Å²) < 4.78 is 48.2. The number of carbonyl (C=O) groups excluding carboxylic acids is 8. The second-order valence-electron chi connectivity index (χ2n) is 26.7. The number of hydrogen-bond acceptors (Lipinski definition) is 16. The minimum absolute atomic E-state index is 0.0332. The molecule has 0 bridgehead atoms. The lowest BCUT2D eigenvalue weighted by atomic mass is 10.0. The molecule has 4 heterocycles. The SMILES string of the molecule is C=CCOC(=O)N[C@H](C(=O)N[C@@H](C)C(=O)Nc1ccc(CC(CCOC(N)=O)Oc2cc3c(cc2OCCCCCOc2cc4c(cc2OC)C(=O)N2C=C(C)C[C@H]2C(=O)N4COCC[Si](C)(C)C)N(COCC[Si](C)(C)C)C(=O)[C@@H]2CC(C)=CN2C3=O)cc1)C(C)C. The number of ether oxygens (including phenoxy) is 8. The number of anilines is 3. The van der Waals surface area contributed by atoms with Crippen LogP contribution in [0.3, 0.4) is 0 Å². The van der Waals surface area contributed by atoms with Crippen molar-refractivity contribution in [1.82, 2.24) is 20.4 Å². The largest absolute Gasteiger partial charge is 0.493 e. The fraction of sp³-hybridized carbons (Fsp3) is 0.522. The molecule has 4 aliphatic rings. The zero-order valence-corrected chi connectivity index (χ0v) is 57.9. The topological polar surface area (TPSA) is 285 Å². The Morgan fingerprint density at radius 3 is 1.67 bits per heavy atom. The fourth-order valence-corrected chi connectivity index (χ4v) is 12.3. The van der Waals surface area contributed by atoms with E-state index in [9.17, 15) is 38.4 Å². The van der Waals surface area contributed by atoms with Crippen LogP contribution in [0.5, 0.6) is 23.0 Å². The van der Waals surface area contributed by atoms with E-state index in [-0.39, 0.29) is 99.1 Å². The van der Waals surface area contributed by atoms with E-state index < -0.39 is 76.3 Å². The Labute approximate surface area is 547 Å². The molecule has 8 amide bonds. The Morgan fingerprint density at radius 1 is 0.667 bits per heavy atom. The van der Waals surface area contributed by atoms with Crippen molar-refractivity contribution in [3.63, 3.8) is 0 Å².